The molecule has 0 bridgehead atoms. The lowest BCUT2D eigenvalue weighted by Crippen LogP contribution is -2.30. The molecule has 104 valence electrons. The summed E-state index contributed by atoms with van der Waals surface area (Å²) in [5.41, 5.74) is 3.95. The third kappa shape index (κ3) is 3.02. The van der Waals surface area contributed by atoms with Gasteiger partial charge in [-0.1, -0.05) is 48.0 Å². The van der Waals surface area contributed by atoms with E-state index < -0.39 is 5.38 Å². The Balaban J connectivity index is 2.24. The van der Waals surface area contributed by atoms with Gasteiger partial charge in [0.25, 0.3) is 0 Å². The van der Waals surface area contributed by atoms with Crippen LogP contribution in [0.15, 0.2) is 48.5 Å². The molecule has 2 rings (SSSR count). The highest BCUT2D eigenvalue weighted by molar-refractivity contribution is 6.32. The molecule has 0 aliphatic rings. The standard InChI is InChI=1S/C17H18ClNO/c1-12-9-10-15(13(2)11-12)19(3)17(20)16(18)14-7-5-4-6-8-14/h4-11,16H,1-3H3. The second-order valence-corrected chi connectivity index (χ2v) is 5.40. The lowest BCUT2D eigenvalue weighted by Gasteiger charge is -2.22. The van der Waals surface area contributed by atoms with E-state index >= 15 is 0 Å². The number of likely N-dealkylation sites (N-methyl/N-ethyl adjacent to an activating group) is 1. The summed E-state index contributed by atoms with van der Waals surface area (Å²) >= 11 is 6.29. The molecule has 20 heavy (non-hydrogen) atoms. The normalized spacial score (nSPS) is 12.0. The first-order valence-electron chi connectivity index (χ1n) is 6.54. The Labute approximate surface area is 125 Å². The van der Waals surface area contributed by atoms with Gasteiger partial charge in [-0.3, -0.25) is 4.79 Å². The van der Waals surface area contributed by atoms with Crippen LogP contribution in [0, 0.1) is 13.8 Å². The Kier molecular flexibility index (Phi) is 4.46. The number of hydrogen-bond acceptors (Lipinski definition) is 1. The number of benzene rings is 2. The van der Waals surface area contributed by atoms with Crippen LogP contribution in [0.2, 0.25) is 0 Å². The maximum atomic E-state index is 12.5. The van der Waals surface area contributed by atoms with Gasteiger partial charge in [0, 0.05) is 12.7 Å². The summed E-state index contributed by atoms with van der Waals surface area (Å²) in [5, 5.41) is -0.665. The maximum Gasteiger partial charge on any atom is 0.249 e. The van der Waals surface area contributed by atoms with Gasteiger partial charge < -0.3 is 4.90 Å². The molecule has 0 saturated carbocycles. The average molecular weight is 288 g/mol. The Morgan fingerprint density at radius 2 is 1.75 bits per heavy atom. The first-order chi connectivity index (χ1) is 9.50. The molecule has 0 aliphatic heterocycles. The number of hydrogen-bond donors (Lipinski definition) is 0. The van der Waals surface area contributed by atoms with Crippen molar-refractivity contribution in [2.24, 2.45) is 0 Å². The second-order valence-electron chi connectivity index (χ2n) is 4.96. The topological polar surface area (TPSA) is 20.3 Å². The molecule has 0 aromatic heterocycles. The first-order valence-corrected chi connectivity index (χ1v) is 6.98. The summed E-state index contributed by atoms with van der Waals surface area (Å²) in [6.07, 6.45) is 0. The van der Waals surface area contributed by atoms with Crippen LogP contribution < -0.4 is 4.90 Å². The molecule has 0 radical (unpaired) electrons. The van der Waals surface area contributed by atoms with Crippen LogP contribution >= 0.6 is 11.6 Å². The van der Waals surface area contributed by atoms with Gasteiger partial charge in [0.15, 0.2) is 0 Å². The van der Waals surface area contributed by atoms with Crippen molar-refractivity contribution in [3.05, 3.63) is 65.2 Å². The Morgan fingerprint density at radius 1 is 1.10 bits per heavy atom. The number of rotatable bonds is 3. The molecule has 2 aromatic carbocycles. The number of nitrogens with zero attached hydrogens (tertiary/aromatic N) is 1. The van der Waals surface area contributed by atoms with Crippen molar-refractivity contribution >= 4 is 23.2 Å². The smallest absolute Gasteiger partial charge is 0.249 e. The maximum absolute atomic E-state index is 12.5. The van der Waals surface area contributed by atoms with Crippen LogP contribution in [0.1, 0.15) is 22.1 Å². The van der Waals surface area contributed by atoms with Crippen molar-refractivity contribution in [1.82, 2.24) is 0 Å². The van der Waals surface area contributed by atoms with Gasteiger partial charge in [0.1, 0.15) is 5.38 Å². The van der Waals surface area contributed by atoms with E-state index in [1.165, 1.54) is 5.56 Å². The molecule has 2 nitrogen and oxygen atoms in total. The van der Waals surface area contributed by atoms with Crippen LogP contribution in [0.3, 0.4) is 0 Å². The lowest BCUT2D eigenvalue weighted by atomic mass is 10.1. The minimum Gasteiger partial charge on any atom is -0.314 e. The second kappa shape index (κ2) is 6.10. The van der Waals surface area contributed by atoms with Crippen molar-refractivity contribution in [3.8, 4) is 0 Å². The number of anilines is 1. The molecule has 0 fully saturated rings. The minimum absolute atomic E-state index is 0.121. The Morgan fingerprint density at radius 3 is 2.35 bits per heavy atom. The molecule has 2 aromatic rings. The Hall–Kier alpha value is -1.80. The van der Waals surface area contributed by atoms with Gasteiger partial charge >= 0.3 is 0 Å². The van der Waals surface area contributed by atoms with E-state index in [-0.39, 0.29) is 5.91 Å². The largest absolute Gasteiger partial charge is 0.314 e. The zero-order chi connectivity index (χ0) is 14.7. The summed E-state index contributed by atoms with van der Waals surface area (Å²) < 4.78 is 0. The molecular weight excluding hydrogens is 270 g/mol. The average Bonchev–Trinajstić information content (AvgIpc) is 2.46. The van der Waals surface area contributed by atoms with Crippen LogP contribution in [0.5, 0.6) is 0 Å². The molecule has 0 heterocycles. The highest BCUT2D eigenvalue weighted by Crippen LogP contribution is 2.27. The molecule has 0 spiro atoms. The molecule has 0 aliphatic carbocycles. The van der Waals surface area contributed by atoms with Gasteiger partial charge in [-0.15, -0.1) is 11.6 Å². The van der Waals surface area contributed by atoms with E-state index in [9.17, 15) is 4.79 Å². The van der Waals surface area contributed by atoms with Gasteiger partial charge in [-0.25, -0.2) is 0 Å². The van der Waals surface area contributed by atoms with E-state index in [4.69, 9.17) is 11.6 Å². The molecule has 3 heteroatoms. The predicted octanol–water partition coefficient (Wildman–Crippen LogP) is 4.25. The summed E-state index contributed by atoms with van der Waals surface area (Å²) in [6.45, 7) is 4.03. The van der Waals surface area contributed by atoms with Crippen LogP contribution in [-0.4, -0.2) is 13.0 Å². The fourth-order valence-corrected chi connectivity index (χ4v) is 2.53. The number of aryl methyl sites for hydroxylation is 2. The number of carbonyl (C=O) groups excluding carboxylic acids is 1. The van der Waals surface area contributed by atoms with E-state index in [1.807, 2.05) is 56.3 Å². The van der Waals surface area contributed by atoms with E-state index in [1.54, 1.807) is 11.9 Å². The summed E-state index contributed by atoms with van der Waals surface area (Å²) in [6, 6.07) is 15.4. The Bertz CT molecular complexity index is 610. The first kappa shape index (κ1) is 14.6. The molecule has 1 unspecified atom stereocenters. The third-order valence-corrected chi connectivity index (χ3v) is 3.79. The third-order valence-electron chi connectivity index (χ3n) is 3.35. The minimum atomic E-state index is -0.665. The fourth-order valence-electron chi connectivity index (χ4n) is 2.24. The monoisotopic (exact) mass is 287 g/mol. The number of alkyl halides is 1. The van der Waals surface area contributed by atoms with Gasteiger partial charge in [-0.05, 0) is 31.0 Å². The van der Waals surface area contributed by atoms with Gasteiger partial charge in [0.2, 0.25) is 5.91 Å². The zero-order valence-corrected chi connectivity index (χ0v) is 12.7. The predicted molar refractivity (Wildman–Crippen MR) is 84.4 cm³/mol. The van der Waals surface area contributed by atoms with Crippen LogP contribution in [-0.2, 0) is 4.79 Å². The molecule has 0 N–H and O–H groups in total. The van der Waals surface area contributed by atoms with Crippen molar-refractivity contribution in [2.45, 2.75) is 19.2 Å². The van der Waals surface area contributed by atoms with Crippen molar-refractivity contribution in [3.63, 3.8) is 0 Å². The number of halogens is 1. The quantitative estimate of drug-likeness (QED) is 0.773. The summed E-state index contributed by atoms with van der Waals surface area (Å²) in [7, 11) is 1.76. The van der Waals surface area contributed by atoms with Crippen LogP contribution in [0.25, 0.3) is 0 Å². The van der Waals surface area contributed by atoms with Gasteiger partial charge in [-0.2, -0.15) is 0 Å². The zero-order valence-electron chi connectivity index (χ0n) is 11.9. The van der Waals surface area contributed by atoms with E-state index in [0.717, 1.165) is 16.8 Å². The lowest BCUT2D eigenvalue weighted by molar-refractivity contribution is -0.118. The SMILES string of the molecule is Cc1ccc(N(C)C(=O)C(Cl)c2ccccc2)c(C)c1. The molecule has 1 amide bonds. The van der Waals surface area contributed by atoms with Crippen molar-refractivity contribution in [1.29, 1.82) is 0 Å². The van der Waals surface area contributed by atoms with E-state index in [0.29, 0.717) is 0 Å². The summed E-state index contributed by atoms with van der Waals surface area (Å²) in [5.74, 6) is -0.121. The summed E-state index contributed by atoms with van der Waals surface area (Å²) in [4.78, 5) is 14.1. The molecule has 1 atom stereocenters. The van der Waals surface area contributed by atoms with Crippen LogP contribution in [0.4, 0.5) is 5.69 Å². The highest BCUT2D eigenvalue weighted by atomic mass is 35.5. The number of carbonyl (C=O) groups is 1. The van der Waals surface area contributed by atoms with Gasteiger partial charge in [0.05, 0.1) is 0 Å². The molecule has 0 saturated heterocycles. The highest BCUT2D eigenvalue weighted by Gasteiger charge is 2.23. The fraction of sp³-hybridized carbons (Fsp3) is 0.235. The van der Waals surface area contributed by atoms with E-state index in [2.05, 4.69) is 6.07 Å². The number of amides is 1. The van der Waals surface area contributed by atoms with Crippen molar-refractivity contribution < 1.29 is 4.79 Å². The van der Waals surface area contributed by atoms with Crippen molar-refractivity contribution in [2.75, 3.05) is 11.9 Å². The molecular formula is C17H18ClNO.